The lowest BCUT2D eigenvalue weighted by molar-refractivity contribution is -0.693. The summed E-state index contributed by atoms with van der Waals surface area (Å²) < 4.78 is 25.7. The van der Waals surface area contributed by atoms with Gasteiger partial charge in [0, 0.05) is 24.3 Å². The first-order valence-corrected chi connectivity index (χ1v) is 15.9. The molecule has 1 aromatic carbocycles. The molecule has 202 valence electrons. The number of aromatic nitrogens is 2. The number of nitrogens with zero attached hydrogens (tertiary/aromatic N) is 2. The highest BCUT2D eigenvalue weighted by Crippen LogP contribution is 2.34. The maximum atomic E-state index is 11.1. The molecule has 2 aromatic heterocycles. The summed E-state index contributed by atoms with van der Waals surface area (Å²) in [6.07, 6.45) is 15.2. The Labute approximate surface area is 224 Å². The molecule has 0 saturated heterocycles. The Bertz CT molecular complexity index is 1300. The number of hydrogen-bond acceptors (Lipinski definition) is 2. The molecule has 0 spiro atoms. The molecule has 38 heavy (non-hydrogen) atoms. The van der Waals surface area contributed by atoms with Gasteiger partial charge in [-0.15, -0.1) is 0 Å². The molecule has 3 rings (SSSR count). The summed E-state index contributed by atoms with van der Waals surface area (Å²) in [6.45, 7) is 9.00. The zero-order chi connectivity index (χ0) is 28.1. The fourth-order valence-corrected chi connectivity index (χ4v) is 5.16. The first-order chi connectivity index (χ1) is 17.7. The van der Waals surface area contributed by atoms with Gasteiger partial charge in [-0.05, 0) is 72.2 Å². The molecular weight excluding hydrogens is 522 g/mol. The van der Waals surface area contributed by atoms with Gasteiger partial charge in [0.1, 0.15) is 12.3 Å². The third-order valence-electron chi connectivity index (χ3n) is 6.76. The van der Waals surface area contributed by atoms with Crippen molar-refractivity contribution in [2.45, 2.75) is 40.8 Å². The third kappa shape index (κ3) is 8.67. The molecular formula is C28H36N2O6P2+2. The molecule has 0 amide bonds. The number of hydrogen-bond donors (Lipinski definition) is 4. The molecule has 0 radical (unpaired) electrons. The maximum Gasteiger partial charge on any atom is 0.331 e. The normalized spacial score (nSPS) is 12.6. The molecule has 0 aliphatic heterocycles. The van der Waals surface area contributed by atoms with Gasteiger partial charge < -0.3 is 19.6 Å². The van der Waals surface area contributed by atoms with Gasteiger partial charge >= 0.3 is 15.2 Å². The monoisotopic (exact) mass is 558 g/mol. The Hall–Kier alpha value is -2.70. The fourth-order valence-electron chi connectivity index (χ4n) is 4.18. The van der Waals surface area contributed by atoms with Crippen molar-refractivity contribution >= 4 is 39.5 Å². The zero-order valence-corrected chi connectivity index (χ0v) is 23.9. The highest BCUT2D eigenvalue weighted by molar-refractivity contribution is 7.51. The highest BCUT2D eigenvalue weighted by atomic mass is 31.2. The lowest BCUT2D eigenvalue weighted by atomic mass is 9.88. The van der Waals surface area contributed by atoms with Gasteiger partial charge in [0.05, 0.1) is 0 Å². The molecule has 3 aromatic rings. The van der Waals surface area contributed by atoms with Gasteiger partial charge in [0.2, 0.25) is 0 Å². The molecule has 0 bridgehead atoms. The Kier molecular flexibility index (Phi) is 9.77. The van der Waals surface area contributed by atoms with Crippen molar-refractivity contribution in [3.8, 4) is 0 Å². The van der Waals surface area contributed by atoms with Gasteiger partial charge in [-0.1, -0.05) is 24.3 Å². The maximum absolute atomic E-state index is 11.1. The van der Waals surface area contributed by atoms with Crippen molar-refractivity contribution in [3.05, 3.63) is 93.6 Å². The van der Waals surface area contributed by atoms with E-state index in [4.69, 9.17) is 19.6 Å². The highest BCUT2D eigenvalue weighted by Gasteiger charge is 2.17. The molecule has 0 atom stereocenters. The van der Waals surface area contributed by atoms with Crippen LogP contribution in [0.2, 0.25) is 0 Å². The van der Waals surface area contributed by atoms with Gasteiger partial charge in [0.25, 0.3) is 0 Å². The van der Waals surface area contributed by atoms with Gasteiger partial charge in [-0.3, -0.25) is 9.13 Å². The smallest absolute Gasteiger partial charge is 0.324 e. The number of pyridine rings is 2. The lowest BCUT2D eigenvalue weighted by Gasteiger charge is -2.17. The largest absolute Gasteiger partial charge is 0.331 e. The first-order valence-electron chi connectivity index (χ1n) is 12.3. The summed E-state index contributed by atoms with van der Waals surface area (Å²) in [6, 6.07) is 7.70. The quantitative estimate of drug-likeness (QED) is 0.219. The standard InChI is InChI=1S/C28H34N2O6P2/c1-21-22(2)28(8-6-26-11-15-30(16-12-26)18-20-38(34,35)36)24(4)23(3)27(21)7-5-25-9-13-29(14-10-25)17-19-37(31,32)33/h5-16H,17-20H2,1-4H3,(H2-2,31,32,33,34,35,36)/p+2/b7-5+,8-6+. The summed E-state index contributed by atoms with van der Waals surface area (Å²) in [7, 11) is -8.04. The van der Waals surface area contributed by atoms with Crippen LogP contribution in [0.4, 0.5) is 0 Å². The topological polar surface area (TPSA) is 123 Å². The predicted octanol–water partition coefficient (Wildman–Crippen LogP) is 4.19. The SMILES string of the molecule is Cc1c(C)c(/C=C/c2cc[n+](CCP(=O)(O)O)cc2)c(C)c(C)c1/C=C/c1cc[n+](CCP(=O)(O)O)cc1. The van der Waals surface area contributed by atoms with Gasteiger partial charge in [-0.25, -0.2) is 9.13 Å². The van der Waals surface area contributed by atoms with E-state index >= 15 is 0 Å². The predicted molar refractivity (Wildman–Crippen MR) is 150 cm³/mol. The summed E-state index contributed by atoms with van der Waals surface area (Å²) in [5.41, 5.74) is 9.11. The van der Waals surface area contributed by atoms with E-state index in [0.29, 0.717) is 0 Å². The van der Waals surface area contributed by atoms with E-state index in [-0.39, 0.29) is 25.4 Å². The van der Waals surface area contributed by atoms with Crippen LogP contribution in [0, 0.1) is 27.7 Å². The van der Waals surface area contributed by atoms with E-state index in [1.165, 1.54) is 33.4 Å². The van der Waals surface area contributed by atoms with Crippen molar-refractivity contribution in [2.24, 2.45) is 0 Å². The molecule has 2 heterocycles. The van der Waals surface area contributed by atoms with E-state index in [9.17, 15) is 9.13 Å². The fraction of sp³-hybridized carbons (Fsp3) is 0.286. The molecule has 8 nitrogen and oxygen atoms in total. The Morgan fingerprint density at radius 3 is 1.13 bits per heavy atom. The van der Waals surface area contributed by atoms with E-state index < -0.39 is 15.2 Å². The summed E-state index contributed by atoms with van der Waals surface area (Å²) in [4.78, 5) is 36.2. The van der Waals surface area contributed by atoms with Crippen molar-refractivity contribution < 1.29 is 37.8 Å². The van der Waals surface area contributed by atoms with Crippen molar-refractivity contribution in [3.63, 3.8) is 0 Å². The minimum Gasteiger partial charge on any atom is -0.324 e. The third-order valence-corrected chi connectivity index (χ3v) is 8.32. The summed E-state index contributed by atoms with van der Waals surface area (Å²) in [5, 5.41) is 0. The molecule has 10 heteroatoms. The van der Waals surface area contributed by atoms with Crippen LogP contribution in [-0.4, -0.2) is 31.9 Å². The number of aryl methyl sites for hydroxylation is 2. The van der Waals surface area contributed by atoms with E-state index in [1.807, 2.05) is 61.2 Å². The molecule has 0 aliphatic carbocycles. The Balaban J connectivity index is 1.77. The van der Waals surface area contributed by atoms with Crippen LogP contribution < -0.4 is 9.13 Å². The average molecular weight is 559 g/mol. The van der Waals surface area contributed by atoms with E-state index in [0.717, 1.165) is 11.1 Å². The molecule has 0 saturated carbocycles. The van der Waals surface area contributed by atoms with Gasteiger partial charge in [-0.2, -0.15) is 0 Å². The van der Waals surface area contributed by atoms with Crippen LogP contribution in [0.15, 0.2) is 49.1 Å². The molecule has 0 unspecified atom stereocenters. The van der Waals surface area contributed by atoms with E-state index in [2.05, 4.69) is 39.8 Å². The minimum atomic E-state index is -4.02. The Morgan fingerprint density at radius 1 is 0.579 bits per heavy atom. The Morgan fingerprint density at radius 2 is 0.868 bits per heavy atom. The van der Waals surface area contributed by atoms with Crippen LogP contribution in [-0.2, 0) is 22.2 Å². The van der Waals surface area contributed by atoms with E-state index in [1.54, 1.807) is 9.13 Å². The van der Waals surface area contributed by atoms with Crippen LogP contribution in [0.25, 0.3) is 24.3 Å². The summed E-state index contributed by atoms with van der Waals surface area (Å²) in [5.74, 6) is 0. The van der Waals surface area contributed by atoms with Crippen LogP contribution in [0.1, 0.15) is 44.5 Å². The minimum absolute atomic E-state index is 0.186. The van der Waals surface area contributed by atoms with Gasteiger partial charge in [0.15, 0.2) is 37.9 Å². The first kappa shape index (κ1) is 29.9. The number of benzene rings is 1. The molecule has 0 fully saturated rings. The van der Waals surface area contributed by atoms with Crippen LogP contribution >= 0.6 is 15.2 Å². The van der Waals surface area contributed by atoms with Crippen molar-refractivity contribution in [1.82, 2.24) is 0 Å². The number of rotatable bonds is 10. The zero-order valence-electron chi connectivity index (χ0n) is 22.2. The molecule has 4 N–H and O–H groups in total. The summed E-state index contributed by atoms with van der Waals surface area (Å²) >= 11 is 0. The second-order valence-electron chi connectivity index (χ2n) is 9.51. The second-order valence-corrected chi connectivity index (χ2v) is 13.1. The van der Waals surface area contributed by atoms with Crippen molar-refractivity contribution in [2.75, 3.05) is 12.3 Å². The van der Waals surface area contributed by atoms with Crippen LogP contribution in [0.5, 0.6) is 0 Å². The lowest BCUT2D eigenvalue weighted by Crippen LogP contribution is -2.34. The van der Waals surface area contributed by atoms with Crippen molar-refractivity contribution in [1.29, 1.82) is 0 Å². The second kappa shape index (κ2) is 12.4. The average Bonchev–Trinajstić information content (AvgIpc) is 2.85. The van der Waals surface area contributed by atoms with Crippen LogP contribution in [0.3, 0.4) is 0 Å². The molecule has 0 aliphatic rings.